The van der Waals surface area contributed by atoms with Gasteiger partial charge >= 0.3 is 36.4 Å². The van der Waals surface area contributed by atoms with E-state index in [1.807, 2.05) is 126 Å². The highest BCUT2D eigenvalue weighted by Crippen LogP contribution is 2.35. The van der Waals surface area contributed by atoms with Gasteiger partial charge in [0.2, 0.25) is 0 Å². The molecule has 0 amide bonds. The number of aryl methyl sites for hydroxylation is 11. The van der Waals surface area contributed by atoms with Crippen LogP contribution in [0.1, 0.15) is 115 Å². The average molecular weight is 2060 g/mol. The van der Waals surface area contributed by atoms with Crippen molar-refractivity contribution in [2.75, 3.05) is 0 Å². The first kappa shape index (κ1) is 106. The van der Waals surface area contributed by atoms with E-state index in [4.69, 9.17) is 61.7 Å². The molecule has 8 nitrogen and oxygen atoms in total. The number of hydrogen-bond donors (Lipinski definition) is 5. The Morgan fingerprint density at radius 1 is 0.325 bits per heavy atom. The van der Waals surface area contributed by atoms with Gasteiger partial charge in [0.1, 0.15) is 23.1 Å². The van der Waals surface area contributed by atoms with Crippen LogP contribution in [0.4, 0.5) is 48.3 Å². The number of rotatable bonds is 3. The minimum absolute atomic E-state index is 0.255. The molecule has 624 valence electrons. The molecule has 0 atom stereocenters. The Morgan fingerprint density at radius 2 is 0.701 bits per heavy atom. The molecule has 12 aromatic rings. The molecule has 0 heterocycles. The Bertz CT molecular complexity index is 4810. The summed E-state index contributed by atoms with van der Waals surface area (Å²) < 4.78 is 135. The van der Waals surface area contributed by atoms with Crippen molar-refractivity contribution >= 4 is 141 Å². The summed E-state index contributed by atoms with van der Waals surface area (Å²) in [6.07, 6.45) is -12.6. The number of halogens is 19. The molecule has 0 unspecified atom stereocenters. The van der Waals surface area contributed by atoms with E-state index in [1.54, 1.807) is 107 Å². The standard InChI is InChI=1S/3C8H7F3.3C8H8O2.C7H6Br2O.2C7H6Cl2.C7H6F2.C7H6I2O.C7H8/c1-6-2-4-7(5-3-6)8(9,10)11;1-6-3-2-4-7(5-6)8(9,10)11;1-6-4-2-3-5-7(6)8(9,10)11;1-6-2-4-7(5-3-6)8(9)10;1-6-3-2-4-7(5-6)8(9)10;1-6-4-2-3-5-7(6)8(9)10;1-4-2-5(8)7(10)6(9)3-4;1-5-2-6(8)4-7(9)3-5;1-5-6(8)3-2-4-7(5)9;1-5-2-6(8)4-7(9)3-5;1-4-2-5(8)7(10)6(9)3-4;1-7-5-3-2-4-6-7/h3*2-5H,1H3;3*2-5H,1H3,(H,9,10);2-3,10H,1H3;3*2-4H,1H3;2-3,10H,1H3;2-6H,1H3. The van der Waals surface area contributed by atoms with Crippen molar-refractivity contribution in [3.05, 3.63) is 403 Å². The van der Waals surface area contributed by atoms with E-state index in [9.17, 15) is 72.9 Å². The molecule has 0 bridgehead atoms. The lowest BCUT2D eigenvalue weighted by Gasteiger charge is -2.08. The van der Waals surface area contributed by atoms with Crippen LogP contribution in [0.2, 0.25) is 20.1 Å². The minimum Gasteiger partial charge on any atom is -0.506 e. The van der Waals surface area contributed by atoms with Gasteiger partial charge in [-0.3, -0.25) is 0 Å². The van der Waals surface area contributed by atoms with Crippen LogP contribution in [-0.4, -0.2) is 43.4 Å². The highest BCUT2D eigenvalue weighted by molar-refractivity contribution is 14.1. The Labute approximate surface area is 738 Å². The molecule has 12 aromatic carbocycles. The second kappa shape index (κ2) is 53.8. The van der Waals surface area contributed by atoms with Crippen molar-refractivity contribution in [1.82, 2.24) is 0 Å². The first-order valence-corrected chi connectivity index (χ1v) is 39.4. The number of carboxylic acid groups (broad SMARTS) is 3. The molecule has 0 aliphatic rings. The van der Waals surface area contributed by atoms with E-state index in [1.165, 1.54) is 60.5 Å². The maximum atomic E-state index is 12.2. The molecule has 0 aliphatic heterocycles. The zero-order valence-electron chi connectivity index (χ0n) is 64.9. The van der Waals surface area contributed by atoms with Crippen LogP contribution in [-0.2, 0) is 18.5 Å². The van der Waals surface area contributed by atoms with Gasteiger partial charge in [-0.1, -0.05) is 202 Å². The molecule has 117 heavy (non-hydrogen) atoms. The van der Waals surface area contributed by atoms with Crippen molar-refractivity contribution in [3.63, 3.8) is 0 Å². The molecule has 0 spiro atoms. The molecule has 0 radical (unpaired) electrons. The second-order valence-electron chi connectivity index (χ2n) is 25.1. The Balaban J connectivity index is 0.000000639. The molecular weight excluding hydrogens is 1970 g/mol. The fourth-order valence-corrected chi connectivity index (χ4v) is 13.2. The number of carbonyl (C=O) groups is 3. The number of phenolic OH excluding ortho intramolecular Hbond substituents is 2. The number of phenols is 2. The first-order valence-electron chi connectivity index (χ1n) is 34.2. The van der Waals surface area contributed by atoms with Crippen molar-refractivity contribution < 1.29 is 88.2 Å². The lowest BCUT2D eigenvalue weighted by atomic mass is 10.1. The number of carboxylic acids is 3. The van der Waals surface area contributed by atoms with Gasteiger partial charge < -0.3 is 25.5 Å². The van der Waals surface area contributed by atoms with Crippen molar-refractivity contribution in [3.8, 4) is 11.5 Å². The molecule has 5 N–H and O–H groups in total. The Hall–Kier alpha value is -8.54. The van der Waals surface area contributed by atoms with Gasteiger partial charge in [-0.05, 0) is 320 Å². The maximum Gasteiger partial charge on any atom is 0.416 e. The summed E-state index contributed by atoms with van der Waals surface area (Å²) in [4.78, 5) is 31.1. The van der Waals surface area contributed by atoms with Crippen LogP contribution in [0.3, 0.4) is 0 Å². The van der Waals surface area contributed by atoms with Gasteiger partial charge in [-0.15, -0.1) is 0 Å². The average Bonchev–Trinajstić information content (AvgIpc) is 0.848. The third-order valence-corrected chi connectivity index (χ3v) is 18.7. The normalized spacial score (nSPS) is 10.1. The molecular formula is C90H83Br2Cl4F11I2O8. The monoisotopic (exact) mass is 2050 g/mol. The number of aromatic carboxylic acids is 3. The third kappa shape index (κ3) is 45.8. The summed E-state index contributed by atoms with van der Waals surface area (Å²) in [7, 11) is 0. The van der Waals surface area contributed by atoms with E-state index in [0.717, 1.165) is 101 Å². The molecule has 0 aliphatic carbocycles. The van der Waals surface area contributed by atoms with E-state index in [2.05, 4.69) is 96.1 Å². The quantitative estimate of drug-likeness (QED) is 0.0866. The summed E-state index contributed by atoms with van der Waals surface area (Å²) in [5.74, 6) is -3.00. The van der Waals surface area contributed by atoms with E-state index in [-0.39, 0.29) is 11.3 Å². The predicted molar refractivity (Wildman–Crippen MR) is 474 cm³/mol. The van der Waals surface area contributed by atoms with E-state index < -0.39 is 64.8 Å². The highest BCUT2D eigenvalue weighted by Gasteiger charge is 2.32. The number of alkyl halides is 9. The van der Waals surface area contributed by atoms with Gasteiger partial charge in [0.15, 0.2) is 0 Å². The lowest BCUT2D eigenvalue weighted by Crippen LogP contribution is -2.06. The van der Waals surface area contributed by atoms with Gasteiger partial charge in [0.05, 0.1) is 49.5 Å². The predicted octanol–water partition coefficient (Wildman–Crippen LogP) is 31.1. The van der Waals surface area contributed by atoms with E-state index in [0.29, 0.717) is 43.6 Å². The molecule has 0 saturated carbocycles. The van der Waals surface area contributed by atoms with Crippen LogP contribution in [0.25, 0.3) is 0 Å². The maximum absolute atomic E-state index is 12.2. The van der Waals surface area contributed by atoms with E-state index >= 15 is 0 Å². The number of benzene rings is 12. The van der Waals surface area contributed by atoms with Crippen molar-refractivity contribution in [2.24, 2.45) is 0 Å². The van der Waals surface area contributed by atoms with Crippen molar-refractivity contribution in [1.29, 1.82) is 0 Å². The fourth-order valence-electron chi connectivity index (χ4n) is 8.63. The largest absolute Gasteiger partial charge is 0.506 e. The van der Waals surface area contributed by atoms with Gasteiger partial charge in [-0.2, -0.15) is 39.5 Å². The van der Waals surface area contributed by atoms with Crippen LogP contribution >= 0.6 is 123 Å². The summed E-state index contributed by atoms with van der Waals surface area (Å²) in [6, 6.07) is 68.5. The molecule has 0 aromatic heterocycles. The summed E-state index contributed by atoms with van der Waals surface area (Å²) in [5, 5.41) is 46.9. The SMILES string of the molecule is Cc1c(Cl)cccc1Cl.Cc1cc(Br)c(O)c(Br)c1.Cc1cc(Cl)cc(Cl)c1.Cc1cc(F)cc(F)c1.Cc1cc(I)c(O)c(I)c1.Cc1ccc(C(=O)O)cc1.Cc1ccc(C(F)(F)F)cc1.Cc1cccc(C(=O)O)c1.Cc1cccc(C(F)(F)F)c1.Cc1ccccc1.Cc1ccccc1C(=O)O.Cc1ccccc1C(F)(F)F. The summed E-state index contributed by atoms with van der Waals surface area (Å²) >= 11 is 33.5. The van der Waals surface area contributed by atoms with Crippen LogP contribution < -0.4 is 0 Å². The van der Waals surface area contributed by atoms with Gasteiger partial charge in [0, 0.05) is 26.2 Å². The number of hydrogen-bond acceptors (Lipinski definition) is 5. The zero-order valence-corrected chi connectivity index (χ0v) is 75.4. The van der Waals surface area contributed by atoms with Crippen molar-refractivity contribution in [2.45, 2.75) is 102 Å². The van der Waals surface area contributed by atoms with Gasteiger partial charge in [-0.25, -0.2) is 23.2 Å². The first-order chi connectivity index (χ1) is 54.3. The summed E-state index contributed by atoms with van der Waals surface area (Å²) in [6.45, 7) is 22.0. The Morgan fingerprint density at radius 3 is 1.04 bits per heavy atom. The summed E-state index contributed by atoms with van der Waals surface area (Å²) in [5.41, 5.74) is 10.2. The molecule has 12 rings (SSSR count). The molecule has 0 fully saturated rings. The third-order valence-electron chi connectivity index (χ3n) is 14.6. The van der Waals surface area contributed by atoms with Gasteiger partial charge in [0.25, 0.3) is 0 Å². The van der Waals surface area contributed by atoms with Crippen LogP contribution in [0, 0.1) is 102 Å². The smallest absolute Gasteiger partial charge is 0.416 e. The topological polar surface area (TPSA) is 152 Å². The number of aromatic hydroxyl groups is 2. The second-order valence-corrected chi connectivity index (χ2v) is 30.8. The van der Waals surface area contributed by atoms with Crippen LogP contribution in [0.15, 0.2) is 264 Å². The Kier molecular flexibility index (Phi) is 49.0. The highest BCUT2D eigenvalue weighted by atomic mass is 127. The minimum atomic E-state index is -4.22. The molecule has 27 heteroatoms. The van der Waals surface area contributed by atoms with Crippen LogP contribution in [0.5, 0.6) is 11.5 Å². The lowest BCUT2D eigenvalue weighted by molar-refractivity contribution is -0.138. The zero-order chi connectivity index (χ0) is 89.3. The molecule has 0 saturated heterocycles. The fraction of sp³-hybridized carbons (Fsp3) is 0.167.